The molecule has 0 aromatic heterocycles. The average Bonchev–Trinajstić information content (AvgIpc) is 2.28. The largest absolute Gasteiger partial charge is 0.459 e. The van der Waals surface area contributed by atoms with Crippen LogP contribution in [0.4, 0.5) is 0 Å². The van der Waals surface area contributed by atoms with E-state index in [4.69, 9.17) is 9.47 Å². The first kappa shape index (κ1) is 5.13. The molecule has 0 aromatic carbocycles. The molecule has 3 atom stereocenters. The van der Waals surface area contributed by atoms with Gasteiger partial charge in [0.15, 0.2) is 0 Å². The second kappa shape index (κ2) is 1.23. The van der Waals surface area contributed by atoms with Crippen molar-refractivity contribution in [2.75, 3.05) is 0 Å². The molecule has 3 aliphatic rings. The van der Waals surface area contributed by atoms with Crippen molar-refractivity contribution in [3.8, 4) is 0 Å². The van der Waals surface area contributed by atoms with Gasteiger partial charge in [-0.1, -0.05) is 0 Å². The average molecular weight is 140 g/mol. The number of hydrogen-bond acceptors (Lipinski definition) is 3. The van der Waals surface area contributed by atoms with E-state index in [0.29, 0.717) is 12.5 Å². The Bertz CT molecular complexity index is 213. The van der Waals surface area contributed by atoms with Crippen molar-refractivity contribution in [3.05, 3.63) is 0 Å². The fraction of sp³-hybridized carbons (Fsp3) is 0.857. The second-order valence-electron chi connectivity index (χ2n) is 3.29. The lowest BCUT2D eigenvalue weighted by molar-refractivity contribution is -0.141. The molecule has 3 rings (SSSR count). The monoisotopic (exact) mass is 140 g/mol. The summed E-state index contributed by atoms with van der Waals surface area (Å²) < 4.78 is 10.5. The molecule has 0 aromatic rings. The van der Waals surface area contributed by atoms with Crippen molar-refractivity contribution in [1.29, 1.82) is 0 Å². The normalized spacial score (nSPS) is 55.8. The SMILES string of the molecule is O=C1CC23O[C@@H]2CC[C@@H]3O1. The maximum absolute atomic E-state index is 10.8. The van der Waals surface area contributed by atoms with Crippen molar-refractivity contribution in [2.24, 2.45) is 0 Å². The molecule has 0 N–H and O–H groups in total. The molecular formula is C7H8O3. The molecule has 2 heterocycles. The van der Waals surface area contributed by atoms with Gasteiger partial charge in [-0.25, -0.2) is 0 Å². The van der Waals surface area contributed by atoms with Gasteiger partial charge in [0.05, 0.1) is 12.5 Å². The highest BCUT2D eigenvalue weighted by Crippen LogP contribution is 2.56. The van der Waals surface area contributed by atoms with Crippen LogP contribution in [0.1, 0.15) is 19.3 Å². The van der Waals surface area contributed by atoms with Crippen molar-refractivity contribution in [3.63, 3.8) is 0 Å². The van der Waals surface area contributed by atoms with Gasteiger partial charge in [-0.2, -0.15) is 0 Å². The van der Waals surface area contributed by atoms with Gasteiger partial charge in [0.1, 0.15) is 11.7 Å². The first-order chi connectivity index (χ1) is 4.81. The zero-order valence-electron chi connectivity index (χ0n) is 5.50. The second-order valence-corrected chi connectivity index (χ2v) is 3.29. The van der Waals surface area contributed by atoms with E-state index in [1.54, 1.807) is 0 Å². The van der Waals surface area contributed by atoms with Crippen LogP contribution < -0.4 is 0 Å². The Morgan fingerprint density at radius 3 is 2.90 bits per heavy atom. The van der Waals surface area contributed by atoms with Gasteiger partial charge < -0.3 is 9.47 Å². The molecule has 1 saturated carbocycles. The Hall–Kier alpha value is -0.570. The molecule has 1 spiro atoms. The van der Waals surface area contributed by atoms with Crippen LogP contribution in [0, 0.1) is 0 Å². The summed E-state index contributed by atoms with van der Waals surface area (Å²) in [6, 6.07) is 0. The van der Waals surface area contributed by atoms with Crippen molar-refractivity contribution in [2.45, 2.75) is 37.1 Å². The molecule has 3 fully saturated rings. The molecule has 3 heteroatoms. The molecular weight excluding hydrogens is 132 g/mol. The number of carbonyl (C=O) groups excluding carboxylic acids is 1. The van der Waals surface area contributed by atoms with Crippen LogP contribution in [0.2, 0.25) is 0 Å². The van der Waals surface area contributed by atoms with E-state index in [1.165, 1.54) is 0 Å². The van der Waals surface area contributed by atoms with E-state index in [0.717, 1.165) is 12.8 Å². The Kier molecular flexibility index (Phi) is 0.632. The fourth-order valence-corrected chi connectivity index (χ4v) is 2.22. The van der Waals surface area contributed by atoms with E-state index >= 15 is 0 Å². The van der Waals surface area contributed by atoms with Crippen LogP contribution in [0.5, 0.6) is 0 Å². The summed E-state index contributed by atoms with van der Waals surface area (Å²) in [7, 11) is 0. The molecule has 54 valence electrons. The maximum Gasteiger partial charge on any atom is 0.309 e. The van der Waals surface area contributed by atoms with Crippen LogP contribution in [-0.2, 0) is 14.3 Å². The van der Waals surface area contributed by atoms with Gasteiger partial charge in [0.25, 0.3) is 0 Å². The van der Waals surface area contributed by atoms with Gasteiger partial charge in [-0.3, -0.25) is 4.79 Å². The van der Waals surface area contributed by atoms with Gasteiger partial charge in [-0.15, -0.1) is 0 Å². The molecule has 10 heavy (non-hydrogen) atoms. The molecule has 0 bridgehead atoms. The lowest BCUT2D eigenvalue weighted by atomic mass is 10.0. The van der Waals surface area contributed by atoms with Gasteiger partial charge in [0, 0.05) is 0 Å². The highest BCUT2D eigenvalue weighted by Gasteiger charge is 2.71. The predicted octanol–water partition coefficient (Wildman–Crippen LogP) is 0.233. The van der Waals surface area contributed by atoms with Crippen LogP contribution >= 0.6 is 0 Å². The minimum atomic E-state index is -0.128. The first-order valence-corrected chi connectivity index (χ1v) is 3.68. The molecule has 1 unspecified atom stereocenters. The summed E-state index contributed by atoms with van der Waals surface area (Å²) in [5.41, 5.74) is -0.128. The summed E-state index contributed by atoms with van der Waals surface area (Å²) in [6.45, 7) is 0. The molecule has 2 saturated heterocycles. The molecule has 1 aliphatic carbocycles. The summed E-state index contributed by atoms with van der Waals surface area (Å²) in [6.07, 6.45) is 3.05. The first-order valence-electron chi connectivity index (χ1n) is 3.68. The third kappa shape index (κ3) is 0.380. The third-order valence-electron chi connectivity index (χ3n) is 2.78. The van der Waals surface area contributed by atoms with Gasteiger partial charge in [0.2, 0.25) is 0 Å². The van der Waals surface area contributed by atoms with Crippen molar-refractivity contribution in [1.82, 2.24) is 0 Å². The van der Waals surface area contributed by atoms with E-state index in [2.05, 4.69) is 0 Å². The smallest absolute Gasteiger partial charge is 0.309 e. The van der Waals surface area contributed by atoms with Crippen molar-refractivity contribution < 1.29 is 14.3 Å². The van der Waals surface area contributed by atoms with E-state index in [1.807, 2.05) is 0 Å². The maximum atomic E-state index is 10.8. The van der Waals surface area contributed by atoms with Gasteiger partial charge in [-0.05, 0) is 12.8 Å². The standard InChI is InChI=1S/C7H8O3/c8-6-3-7-4(9-6)1-2-5(7)10-7/h4-5H,1-3H2/t4-,5+,7?/m0/s1. The number of rotatable bonds is 0. The van der Waals surface area contributed by atoms with Crippen LogP contribution in [0.25, 0.3) is 0 Å². The highest BCUT2D eigenvalue weighted by molar-refractivity contribution is 5.75. The molecule has 0 radical (unpaired) electrons. The zero-order chi connectivity index (χ0) is 6.77. The number of ether oxygens (including phenoxy) is 2. The Morgan fingerprint density at radius 2 is 2.20 bits per heavy atom. The highest BCUT2D eigenvalue weighted by atomic mass is 16.7. The van der Waals surface area contributed by atoms with Crippen LogP contribution in [0.3, 0.4) is 0 Å². The molecule has 0 amide bonds. The molecule has 2 aliphatic heterocycles. The Labute approximate surface area is 58.3 Å². The Morgan fingerprint density at radius 1 is 1.40 bits per heavy atom. The number of hydrogen-bond donors (Lipinski definition) is 0. The summed E-state index contributed by atoms with van der Waals surface area (Å²) >= 11 is 0. The summed E-state index contributed by atoms with van der Waals surface area (Å²) in [5, 5.41) is 0. The van der Waals surface area contributed by atoms with E-state index in [9.17, 15) is 4.79 Å². The number of esters is 1. The number of carbonyl (C=O) groups is 1. The lowest BCUT2D eigenvalue weighted by Crippen LogP contribution is -2.20. The quantitative estimate of drug-likeness (QED) is 0.357. The van der Waals surface area contributed by atoms with Crippen molar-refractivity contribution >= 4 is 5.97 Å². The lowest BCUT2D eigenvalue weighted by Gasteiger charge is -2.06. The number of epoxide rings is 1. The third-order valence-corrected chi connectivity index (χ3v) is 2.78. The minimum absolute atomic E-state index is 0.0767. The summed E-state index contributed by atoms with van der Waals surface area (Å²) in [5.74, 6) is -0.0767. The Balaban J connectivity index is 1.99. The minimum Gasteiger partial charge on any atom is -0.459 e. The molecule has 3 nitrogen and oxygen atoms in total. The van der Waals surface area contributed by atoms with E-state index < -0.39 is 0 Å². The van der Waals surface area contributed by atoms with Crippen LogP contribution in [-0.4, -0.2) is 23.8 Å². The fourth-order valence-electron chi connectivity index (χ4n) is 2.22. The van der Waals surface area contributed by atoms with Crippen LogP contribution in [0.15, 0.2) is 0 Å². The van der Waals surface area contributed by atoms with Gasteiger partial charge >= 0.3 is 5.97 Å². The van der Waals surface area contributed by atoms with E-state index in [-0.39, 0.29) is 17.7 Å². The summed E-state index contributed by atoms with van der Waals surface area (Å²) in [4.78, 5) is 10.8. The topological polar surface area (TPSA) is 38.8 Å². The zero-order valence-corrected chi connectivity index (χ0v) is 5.50. The predicted molar refractivity (Wildman–Crippen MR) is 31.3 cm³/mol.